The van der Waals surface area contributed by atoms with E-state index in [9.17, 15) is 13.6 Å². The van der Waals surface area contributed by atoms with Gasteiger partial charge in [0.25, 0.3) is 6.08 Å². The van der Waals surface area contributed by atoms with Crippen molar-refractivity contribution in [3.05, 3.63) is 81.9 Å². The number of fused-ring (bicyclic) bond motifs is 1. The molecule has 2 aromatic carbocycles. The topological polar surface area (TPSA) is 81.1 Å². The second-order valence-corrected chi connectivity index (χ2v) is 9.68. The van der Waals surface area contributed by atoms with Crippen molar-refractivity contribution in [3.8, 4) is 11.1 Å². The van der Waals surface area contributed by atoms with Gasteiger partial charge in [0, 0.05) is 53.6 Å². The number of hydrogen-bond acceptors (Lipinski definition) is 6. The van der Waals surface area contributed by atoms with Crippen LogP contribution in [0.4, 0.5) is 14.5 Å². The second-order valence-electron chi connectivity index (χ2n) is 8.52. The molecule has 0 aliphatic carbocycles. The summed E-state index contributed by atoms with van der Waals surface area (Å²) in [5.41, 5.74) is 8.14. The zero-order chi connectivity index (χ0) is 24.4. The Labute approximate surface area is 205 Å². The van der Waals surface area contributed by atoms with Crippen LogP contribution in [0.5, 0.6) is 0 Å². The average Bonchev–Trinajstić information content (AvgIpc) is 3.45. The van der Waals surface area contributed by atoms with E-state index in [1.165, 1.54) is 16.6 Å². The van der Waals surface area contributed by atoms with Gasteiger partial charge in [-0.1, -0.05) is 24.3 Å². The normalized spacial score (nSPS) is 14.0. The first-order chi connectivity index (χ1) is 17.0. The summed E-state index contributed by atoms with van der Waals surface area (Å²) in [6.07, 6.45) is -0.491. The van der Waals surface area contributed by atoms with Crippen molar-refractivity contribution in [2.45, 2.75) is 13.1 Å². The molecule has 1 aliphatic rings. The highest BCUT2D eigenvalue weighted by Gasteiger charge is 2.13. The number of hydrogen-bond donors (Lipinski definition) is 2. The highest BCUT2D eigenvalue weighted by atomic mass is 32.1. The standard InChI is InChI=1S/C25H26F2N6OS/c26-24(27)20(13-28)14-33-25(34)32(16-30-33)15-22-11-19-2-1-18(12-23(19)35-22)17-3-5-21(6-4-17)31-9-7-29-8-10-31/h1-6,11-12,16,29H,7-10,13-15,28H2. The number of rotatable bonds is 7. The average molecular weight is 497 g/mol. The van der Waals surface area contributed by atoms with Crippen molar-refractivity contribution in [1.82, 2.24) is 19.7 Å². The maximum atomic E-state index is 12.9. The molecule has 182 valence electrons. The number of thiophene rings is 1. The van der Waals surface area contributed by atoms with Gasteiger partial charge in [-0.2, -0.15) is 13.9 Å². The number of anilines is 1. The third kappa shape index (κ3) is 5.04. The molecule has 1 fully saturated rings. The summed E-state index contributed by atoms with van der Waals surface area (Å²) in [5.74, 6) is 0. The van der Waals surface area contributed by atoms with Crippen molar-refractivity contribution >= 4 is 27.1 Å². The van der Waals surface area contributed by atoms with Crippen LogP contribution in [0, 0.1) is 0 Å². The number of piperazine rings is 1. The van der Waals surface area contributed by atoms with Gasteiger partial charge in [0.1, 0.15) is 6.33 Å². The SMILES string of the molecule is NCC(Cn1ncn(Cc2cc3ccc(-c4ccc(N5CCNCC5)cc4)cc3s2)c1=O)=C(F)F. The largest absolute Gasteiger partial charge is 0.369 e. The highest BCUT2D eigenvalue weighted by Crippen LogP contribution is 2.31. The summed E-state index contributed by atoms with van der Waals surface area (Å²) in [4.78, 5) is 16.0. The van der Waals surface area contributed by atoms with Gasteiger partial charge in [0.15, 0.2) is 0 Å². The minimum atomic E-state index is -1.87. The summed E-state index contributed by atoms with van der Waals surface area (Å²) in [7, 11) is 0. The van der Waals surface area contributed by atoms with E-state index in [1.807, 2.05) is 6.07 Å². The Morgan fingerprint density at radius 3 is 2.51 bits per heavy atom. The number of aromatic nitrogens is 3. The Morgan fingerprint density at radius 2 is 1.80 bits per heavy atom. The lowest BCUT2D eigenvalue weighted by Gasteiger charge is -2.29. The van der Waals surface area contributed by atoms with Crippen LogP contribution in [-0.4, -0.2) is 47.1 Å². The molecule has 0 saturated carbocycles. The molecule has 0 radical (unpaired) electrons. The Morgan fingerprint density at radius 1 is 1.06 bits per heavy atom. The maximum absolute atomic E-state index is 12.9. The van der Waals surface area contributed by atoms with Gasteiger partial charge >= 0.3 is 5.69 Å². The van der Waals surface area contributed by atoms with Crippen LogP contribution in [0.1, 0.15) is 4.88 Å². The molecule has 0 spiro atoms. The molecule has 1 aliphatic heterocycles. The van der Waals surface area contributed by atoms with E-state index in [1.54, 1.807) is 11.3 Å². The van der Waals surface area contributed by atoms with Crippen LogP contribution < -0.4 is 21.6 Å². The van der Waals surface area contributed by atoms with Crippen molar-refractivity contribution < 1.29 is 8.78 Å². The molecule has 3 heterocycles. The lowest BCUT2D eigenvalue weighted by molar-refractivity contribution is 0.400. The van der Waals surface area contributed by atoms with E-state index >= 15 is 0 Å². The fraction of sp³-hybridized carbons (Fsp3) is 0.280. The predicted octanol–water partition coefficient (Wildman–Crippen LogP) is 3.49. The second kappa shape index (κ2) is 10.1. The number of nitrogens with zero attached hydrogens (tertiary/aromatic N) is 4. The third-order valence-corrected chi connectivity index (χ3v) is 7.31. The lowest BCUT2D eigenvalue weighted by Crippen LogP contribution is -2.43. The first-order valence-corrected chi connectivity index (χ1v) is 12.3. The quantitative estimate of drug-likeness (QED) is 0.409. The van der Waals surface area contributed by atoms with E-state index in [0.717, 1.165) is 57.0 Å². The van der Waals surface area contributed by atoms with Gasteiger partial charge in [-0.05, 0) is 40.8 Å². The van der Waals surface area contributed by atoms with Gasteiger partial charge in [0.2, 0.25) is 0 Å². The van der Waals surface area contributed by atoms with Gasteiger partial charge in [-0.25, -0.2) is 9.48 Å². The van der Waals surface area contributed by atoms with Crippen LogP contribution in [0.2, 0.25) is 0 Å². The molecule has 4 aromatic rings. The van der Waals surface area contributed by atoms with Crippen LogP contribution in [0.3, 0.4) is 0 Å². The fourth-order valence-electron chi connectivity index (χ4n) is 4.27. The highest BCUT2D eigenvalue weighted by molar-refractivity contribution is 7.19. The number of nitrogens with one attached hydrogen (secondary N) is 1. The molecule has 0 amide bonds. The Bertz CT molecular complexity index is 1410. The minimum Gasteiger partial charge on any atom is -0.369 e. The summed E-state index contributed by atoms with van der Waals surface area (Å²) < 4.78 is 29.3. The molecule has 5 rings (SSSR count). The molecular formula is C25H26F2N6OS. The smallest absolute Gasteiger partial charge is 0.346 e. The summed E-state index contributed by atoms with van der Waals surface area (Å²) in [6.45, 7) is 3.74. The molecular weight excluding hydrogens is 470 g/mol. The first-order valence-electron chi connectivity index (χ1n) is 11.5. The maximum Gasteiger partial charge on any atom is 0.346 e. The van der Waals surface area contributed by atoms with Crippen molar-refractivity contribution in [2.24, 2.45) is 5.73 Å². The van der Waals surface area contributed by atoms with Gasteiger partial charge < -0.3 is 16.0 Å². The third-order valence-electron chi connectivity index (χ3n) is 6.23. The lowest BCUT2D eigenvalue weighted by atomic mass is 10.0. The van der Waals surface area contributed by atoms with Crippen molar-refractivity contribution in [2.75, 3.05) is 37.6 Å². The predicted molar refractivity (Wildman–Crippen MR) is 136 cm³/mol. The zero-order valence-corrected chi connectivity index (χ0v) is 19.9. The van der Waals surface area contributed by atoms with Crippen molar-refractivity contribution in [3.63, 3.8) is 0 Å². The first kappa shape index (κ1) is 23.4. The van der Waals surface area contributed by atoms with Gasteiger partial charge in [-0.15, -0.1) is 11.3 Å². The van der Waals surface area contributed by atoms with Crippen LogP contribution >= 0.6 is 11.3 Å². The Hall–Kier alpha value is -3.34. The number of benzene rings is 2. The molecule has 0 bridgehead atoms. The molecule has 0 atom stereocenters. The van der Waals surface area contributed by atoms with Crippen LogP contribution in [-0.2, 0) is 13.1 Å². The van der Waals surface area contributed by atoms with Crippen LogP contribution in [0.25, 0.3) is 21.2 Å². The number of halogens is 2. The van der Waals surface area contributed by atoms with E-state index in [-0.39, 0.29) is 18.7 Å². The summed E-state index contributed by atoms with van der Waals surface area (Å²) in [5, 5.41) is 8.45. The van der Waals surface area contributed by atoms with E-state index in [2.05, 4.69) is 57.8 Å². The van der Waals surface area contributed by atoms with Gasteiger partial charge in [0.05, 0.1) is 13.1 Å². The number of nitrogens with two attached hydrogens (primary N) is 1. The van der Waals surface area contributed by atoms with Crippen molar-refractivity contribution in [1.29, 1.82) is 0 Å². The monoisotopic (exact) mass is 496 g/mol. The van der Waals surface area contributed by atoms with Gasteiger partial charge in [-0.3, -0.25) is 4.57 Å². The van der Waals surface area contributed by atoms with E-state index in [4.69, 9.17) is 5.73 Å². The molecule has 7 nitrogen and oxygen atoms in total. The molecule has 0 unspecified atom stereocenters. The molecule has 35 heavy (non-hydrogen) atoms. The summed E-state index contributed by atoms with van der Waals surface area (Å²) >= 11 is 1.61. The zero-order valence-electron chi connectivity index (χ0n) is 19.1. The molecule has 2 aromatic heterocycles. The molecule has 3 N–H and O–H groups in total. The van der Waals surface area contributed by atoms with Crippen LogP contribution in [0.15, 0.2) is 71.3 Å². The van der Waals surface area contributed by atoms with E-state index in [0.29, 0.717) is 6.54 Å². The Balaban J connectivity index is 1.33. The molecule has 1 saturated heterocycles. The summed E-state index contributed by atoms with van der Waals surface area (Å²) in [6, 6.07) is 17.1. The Kier molecular flexibility index (Phi) is 6.76. The molecule has 10 heteroatoms. The minimum absolute atomic E-state index is 0.298. The van der Waals surface area contributed by atoms with E-state index < -0.39 is 11.8 Å². The fourth-order valence-corrected chi connectivity index (χ4v) is 5.37.